The number of amides is 1. The predicted molar refractivity (Wildman–Crippen MR) is 83.5 cm³/mol. The van der Waals surface area contributed by atoms with Crippen LogP contribution in [-0.2, 0) is 10.2 Å². The first-order valence-corrected chi connectivity index (χ1v) is 8.07. The fourth-order valence-corrected chi connectivity index (χ4v) is 6.84. The second-order valence-electron chi connectivity index (χ2n) is 8.04. The molecule has 1 spiro atoms. The Balaban J connectivity index is 0.00000125. The average Bonchev–Trinajstić information content (AvgIpc) is 2.74. The Hall–Kier alpha value is -1.57. The van der Waals surface area contributed by atoms with E-state index in [2.05, 4.69) is 36.9 Å². The Morgan fingerprint density at radius 2 is 1.95 bits per heavy atom. The summed E-state index contributed by atoms with van der Waals surface area (Å²) in [7, 11) is 0. The summed E-state index contributed by atoms with van der Waals surface area (Å²) in [6.45, 7) is 4.39. The zero-order chi connectivity index (χ0) is 14.5. The number of hydrogen-bond acceptors (Lipinski definition) is 1. The summed E-state index contributed by atoms with van der Waals surface area (Å²) in [4.78, 5) is 12.3. The molecule has 0 heterocycles. The van der Waals surface area contributed by atoms with Crippen molar-refractivity contribution in [2.75, 3.05) is 0 Å². The number of carbonyl (C=O) groups is 1. The van der Waals surface area contributed by atoms with Crippen LogP contribution in [0.25, 0.3) is 0 Å². The molecule has 4 saturated carbocycles. The van der Waals surface area contributed by atoms with Gasteiger partial charge >= 0.3 is 0 Å². The predicted octanol–water partition coefficient (Wildman–Crippen LogP) is 3.42. The summed E-state index contributed by atoms with van der Waals surface area (Å²) in [6, 6.07) is 10.9. The maximum absolute atomic E-state index is 12.3. The fraction of sp³-hybridized carbons (Fsp3) is 0.526. The van der Waals surface area contributed by atoms with Crippen molar-refractivity contribution in [3.05, 3.63) is 48.0 Å². The Kier molecular flexibility index (Phi) is 1.87. The molecular weight excluding hydrogens is 258 g/mol. The molecule has 4 fully saturated rings. The van der Waals surface area contributed by atoms with Crippen molar-refractivity contribution < 1.29 is 6.22 Å². The molecule has 2 N–H and O–H groups in total. The van der Waals surface area contributed by atoms with Gasteiger partial charge in [0.1, 0.15) is 0 Å². The minimum absolute atomic E-state index is 0. The van der Waals surface area contributed by atoms with Crippen LogP contribution in [0.4, 0.5) is 0 Å². The van der Waals surface area contributed by atoms with Crippen LogP contribution >= 0.6 is 0 Å². The molecule has 1 amide bonds. The van der Waals surface area contributed by atoms with Gasteiger partial charge in [0.05, 0.1) is 5.41 Å². The number of fused-ring (bicyclic) bond motifs is 2. The van der Waals surface area contributed by atoms with Crippen molar-refractivity contribution in [2.24, 2.45) is 28.4 Å². The van der Waals surface area contributed by atoms with Crippen LogP contribution in [0.2, 0.25) is 0 Å². The third-order valence-electron chi connectivity index (χ3n) is 7.54. The number of hydrogen-bond donors (Lipinski definition) is 1. The van der Waals surface area contributed by atoms with Crippen molar-refractivity contribution in [1.29, 1.82) is 0 Å². The number of nitrogens with two attached hydrogens (primary N) is 1. The zero-order valence-corrected chi connectivity index (χ0v) is 12.3. The second-order valence-corrected chi connectivity index (χ2v) is 8.04. The van der Waals surface area contributed by atoms with Gasteiger partial charge in [-0.1, -0.05) is 42.5 Å². The van der Waals surface area contributed by atoms with E-state index in [4.69, 9.17) is 5.73 Å². The normalized spacial score (nSPS) is 49.0. The van der Waals surface area contributed by atoms with E-state index in [9.17, 15) is 4.79 Å². The highest BCUT2D eigenvalue weighted by Crippen LogP contribution is 2.85. The molecule has 0 radical (unpaired) electrons. The first-order valence-electron chi connectivity index (χ1n) is 8.07. The number of rotatable bonds is 2. The van der Waals surface area contributed by atoms with Gasteiger partial charge in [0.15, 0.2) is 0 Å². The number of allylic oxidation sites excluding steroid dienone is 1. The van der Waals surface area contributed by atoms with Crippen LogP contribution in [0, 0.1) is 22.7 Å². The third-order valence-corrected chi connectivity index (χ3v) is 7.54. The molecule has 2 nitrogen and oxygen atoms in total. The lowest BCUT2D eigenvalue weighted by Gasteiger charge is -2.59. The highest BCUT2D eigenvalue weighted by molar-refractivity contribution is 5.83. The van der Waals surface area contributed by atoms with E-state index >= 15 is 0 Å². The fourth-order valence-electron chi connectivity index (χ4n) is 6.84. The van der Waals surface area contributed by atoms with Crippen LogP contribution in [0.1, 0.15) is 39.1 Å². The Bertz CT molecular complexity index is 686. The van der Waals surface area contributed by atoms with E-state index in [0.29, 0.717) is 11.8 Å². The van der Waals surface area contributed by atoms with Gasteiger partial charge in [-0.05, 0) is 54.9 Å². The minimum Gasteiger partial charge on any atom is -0.369 e. The van der Waals surface area contributed by atoms with Crippen LogP contribution in [0.5, 0.6) is 0 Å². The van der Waals surface area contributed by atoms with E-state index < -0.39 is 0 Å². The third kappa shape index (κ3) is 1.06. The lowest BCUT2D eigenvalue weighted by Crippen LogP contribution is -2.55. The summed E-state index contributed by atoms with van der Waals surface area (Å²) in [6.07, 6.45) is 5.35. The molecule has 110 valence electrons. The van der Waals surface area contributed by atoms with Gasteiger partial charge in [-0.15, -0.1) is 0 Å². The molecule has 0 aromatic heterocycles. The number of benzene rings is 1. The molecule has 4 aliphatic carbocycles. The largest absolute Gasteiger partial charge is 0.369 e. The molecule has 3 bridgehead atoms. The van der Waals surface area contributed by atoms with Gasteiger partial charge in [0, 0.05) is 6.84 Å². The van der Waals surface area contributed by atoms with Crippen LogP contribution in [0.3, 0.4) is 0 Å². The monoisotopic (exact) mass is 281 g/mol. The number of primary amides is 1. The SMILES string of the molecule is C=C1C2CC3(C(N)=O)CC4(c5ccccc5)CC1C4(C2)C3.[HH]. The summed E-state index contributed by atoms with van der Waals surface area (Å²) in [5, 5.41) is 0. The average molecular weight is 281 g/mol. The molecule has 0 aliphatic heterocycles. The first-order chi connectivity index (χ1) is 10.0. The molecule has 0 saturated heterocycles. The van der Waals surface area contributed by atoms with Gasteiger partial charge in [-0.2, -0.15) is 0 Å². The molecule has 4 aliphatic rings. The number of carbonyl (C=O) groups excluding carboxylic acids is 1. The zero-order valence-electron chi connectivity index (χ0n) is 12.3. The van der Waals surface area contributed by atoms with Crippen LogP contribution in [-0.4, -0.2) is 5.91 Å². The van der Waals surface area contributed by atoms with Crippen molar-refractivity contribution in [3.8, 4) is 0 Å². The van der Waals surface area contributed by atoms with E-state index in [1.54, 1.807) is 0 Å². The Morgan fingerprint density at radius 1 is 1.19 bits per heavy atom. The topological polar surface area (TPSA) is 43.1 Å². The Morgan fingerprint density at radius 3 is 2.67 bits per heavy atom. The van der Waals surface area contributed by atoms with Crippen molar-refractivity contribution in [2.45, 2.75) is 37.5 Å². The lowest BCUT2D eigenvalue weighted by molar-refractivity contribution is -0.129. The van der Waals surface area contributed by atoms with Gasteiger partial charge in [-0.25, -0.2) is 0 Å². The first kappa shape index (κ1) is 12.0. The van der Waals surface area contributed by atoms with Crippen molar-refractivity contribution in [1.82, 2.24) is 0 Å². The summed E-state index contributed by atoms with van der Waals surface area (Å²) in [5.74, 6) is 1.10. The van der Waals surface area contributed by atoms with Crippen LogP contribution in [0.15, 0.2) is 42.5 Å². The molecule has 1 aromatic carbocycles. The van der Waals surface area contributed by atoms with Crippen molar-refractivity contribution in [3.63, 3.8) is 0 Å². The van der Waals surface area contributed by atoms with Gasteiger partial charge in [0.25, 0.3) is 0 Å². The highest BCUT2D eigenvalue weighted by Gasteiger charge is 2.80. The van der Waals surface area contributed by atoms with E-state index in [1.165, 1.54) is 24.0 Å². The molecule has 1 aromatic rings. The summed E-state index contributed by atoms with van der Waals surface area (Å²) < 4.78 is 0. The molecule has 21 heavy (non-hydrogen) atoms. The maximum atomic E-state index is 12.3. The summed E-state index contributed by atoms with van der Waals surface area (Å²) >= 11 is 0. The van der Waals surface area contributed by atoms with E-state index in [0.717, 1.165) is 19.3 Å². The van der Waals surface area contributed by atoms with Crippen molar-refractivity contribution >= 4 is 5.91 Å². The smallest absolute Gasteiger partial charge is 0.223 e. The second kappa shape index (κ2) is 3.26. The van der Waals surface area contributed by atoms with E-state index in [1.807, 2.05) is 0 Å². The van der Waals surface area contributed by atoms with Crippen LogP contribution < -0.4 is 5.73 Å². The lowest BCUT2D eigenvalue weighted by atomic mass is 9.44. The molecular formula is C19H23NO. The molecule has 5 rings (SSSR count). The standard InChI is InChI=1S/C19H21NO.H2/c1-12-13-7-17(16(20)21)10-18(14-5-3-2-4-6-14)9-15(12)19(18,8-13)11-17;/h2-6,13,15H,1,7-11H2,(H2,20,21);1H. The molecule has 2 heteroatoms. The minimum atomic E-state index is -0.271. The molecule has 5 atom stereocenters. The maximum Gasteiger partial charge on any atom is 0.223 e. The van der Waals surface area contributed by atoms with Gasteiger partial charge in [-0.3, -0.25) is 4.79 Å². The van der Waals surface area contributed by atoms with E-state index in [-0.39, 0.29) is 23.6 Å². The van der Waals surface area contributed by atoms with Gasteiger partial charge in [0.2, 0.25) is 5.91 Å². The molecule has 5 unspecified atom stereocenters. The Labute approximate surface area is 126 Å². The highest BCUT2D eigenvalue weighted by atomic mass is 16.1. The summed E-state index contributed by atoms with van der Waals surface area (Å²) in [5.41, 5.74) is 8.93. The quantitative estimate of drug-likeness (QED) is 0.829. The van der Waals surface area contributed by atoms with Gasteiger partial charge < -0.3 is 5.73 Å².